The number of anilines is 1. The van der Waals surface area contributed by atoms with Gasteiger partial charge in [0.2, 0.25) is 0 Å². The van der Waals surface area contributed by atoms with Crippen molar-refractivity contribution in [3.63, 3.8) is 0 Å². The number of benzene rings is 1. The lowest BCUT2D eigenvalue weighted by molar-refractivity contribution is 0.260. The van der Waals surface area contributed by atoms with Crippen molar-refractivity contribution in [2.45, 2.75) is 52.5 Å². The van der Waals surface area contributed by atoms with Crippen LogP contribution in [0.15, 0.2) is 24.3 Å². The highest BCUT2D eigenvalue weighted by atomic mass is 15.1. The normalized spacial score (nSPS) is 11.1. The van der Waals surface area contributed by atoms with Crippen molar-refractivity contribution in [3.05, 3.63) is 29.8 Å². The molecule has 2 nitrogen and oxygen atoms in total. The fraction of sp³-hybridized carbons (Fsp3) is 0.625. The van der Waals surface area contributed by atoms with Crippen molar-refractivity contribution in [1.29, 1.82) is 0 Å². The molecule has 0 unspecified atom stereocenters. The van der Waals surface area contributed by atoms with E-state index >= 15 is 0 Å². The van der Waals surface area contributed by atoms with Gasteiger partial charge in [0, 0.05) is 12.2 Å². The third kappa shape index (κ3) is 5.54. The van der Waals surface area contributed by atoms with E-state index in [1.807, 2.05) is 12.1 Å². The van der Waals surface area contributed by atoms with Crippen molar-refractivity contribution >= 4 is 5.69 Å². The minimum Gasteiger partial charge on any atom is -0.398 e. The van der Waals surface area contributed by atoms with Crippen LogP contribution in [0.1, 0.15) is 51.5 Å². The van der Waals surface area contributed by atoms with Gasteiger partial charge in [-0.2, -0.15) is 0 Å². The molecule has 0 spiro atoms. The predicted octanol–water partition coefficient (Wildman–Crippen LogP) is 4.06. The number of unbranched alkanes of at least 4 members (excludes halogenated alkanes) is 3. The summed E-state index contributed by atoms with van der Waals surface area (Å²) in [4.78, 5) is 2.53. The molecule has 0 fully saturated rings. The summed E-state index contributed by atoms with van der Waals surface area (Å²) in [7, 11) is 0. The molecular weight excluding hydrogens is 220 g/mol. The molecule has 0 heterocycles. The van der Waals surface area contributed by atoms with Crippen molar-refractivity contribution in [3.8, 4) is 0 Å². The van der Waals surface area contributed by atoms with Crippen LogP contribution in [0.2, 0.25) is 0 Å². The lowest BCUT2D eigenvalue weighted by Gasteiger charge is -2.22. The molecule has 18 heavy (non-hydrogen) atoms. The van der Waals surface area contributed by atoms with Gasteiger partial charge in [-0.1, -0.05) is 51.3 Å². The third-order valence-corrected chi connectivity index (χ3v) is 3.32. The second kappa shape index (κ2) is 8.98. The number of para-hydroxylation sites is 1. The Kier molecular flexibility index (Phi) is 7.51. The van der Waals surface area contributed by atoms with Crippen LogP contribution in [0, 0.1) is 0 Å². The quantitative estimate of drug-likeness (QED) is 0.527. The van der Waals surface area contributed by atoms with Crippen LogP contribution in [0.5, 0.6) is 0 Å². The molecule has 0 radical (unpaired) electrons. The number of hydrogen-bond acceptors (Lipinski definition) is 2. The van der Waals surface area contributed by atoms with Crippen LogP contribution in [-0.4, -0.2) is 18.0 Å². The number of rotatable bonds is 9. The van der Waals surface area contributed by atoms with Gasteiger partial charge in [0.1, 0.15) is 0 Å². The molecule has 1 aromatic carbocycles. The first-order valence-corrected chi connectivity index (χ1v) is 7.33. The summed E-state index contributed by atoms with van der Waals surface area (Å²) >= 11 is 0. The first-order valence-electron chi connectivity index (χ1n) is 7.33. The zero-order valence-electron chi connectivity index (χ0n) is 12.0. The maximum Gasteiger partial charge on any atom is 0.0359 e. The molecule has 0 amide bonds. The lowest BCUT2D eigenvalue weighted by atomic mass is 10.1. The maximum atomic E-state index is 6.01. The van der Waals surface area contributed by atoms with Gasteiger partial charge < -0.3 is 5.73 Å². The minimum absolute atomic E-state index is 0.923. The average Bonchev–Trinajstić information content (AvgIpc) is 2.37. The van der Waals surface area contributed by atoms with Crippen LogP contribution in [-0.2, 0) is 6.54 Å². The van der Waals surface area contributed by atoms with Gasteiger partial charge in [-0.15, -0.1) is 0 Å². The van der Waals surface area contributed by atoms with Crippen LogP contribution >= 0.6 is 0 Å². The van der Waals surface area contributed by atoms with Crippen molar-refractivity contribution in [2.75, 3.05) is 18.8 Å². The molecule has 102 valence electrons. The van der Waals surface area contributed by atoms with E-state index < -0.39 is 0 Å². The Balaban J connectivity index is 2.44. The molecule has 0 aromatic heterocycles. The van der Waals surface area contributed by atoms with E-state index in [-0.39, 0.29) is 0 Å². The Morgan fingerprint density at radius 3 is 2.39 bits per heavy atom. The maximum absolute atomic E-state index is 6.01. The molecule has 0 aliphatic rings. The Labute approximate surface area is 112 Å². The summed E-state index contributed by atoms with van der Waals surface area (Å²) in [6, 6.07) is 8.22. The van der Waals surface area contributed by atoms with Crippen LogP contribution in [0.3, 0.4) is 0 Å². The first-order chi connectivity index (χ1) is 8.77. The summed E-state index contributed by atoms with van der Waals surface area (Å²) < 4.78 is 0. The summed E-state index contributed by atoms with van der Waals surface area (Å²) in [5.41, 5.74) is 8.20. The van der Waals surface area contributed by atoms with E-state index in [9.17, 15) is 0 Å². The summed E-state index contributed by atoms with van der Waals surface area (Å²) in [5.74, 6) is 0. The highest BCUT2D eigenvalue weighted by Crippen LogP contribution is 2.14. The highest BCUT2D eigenvalue weighted by molar-refractivity contribution is 5.46. The monoisotopic (exact) mass is 248 g/mol. The predicted molar refractivity (Wildman–Crippen MR) is 80.6 cm³/mol. The highest BCUT2D eigenvalue weighted by Gasteiger charge is 2.06. The minimum atomic E-state index is 0.923. The fourth-order valence-corrected chi connectivity index (χ4v) is 2.27. The largest absolute Gasteiger partial charge is 0.398 e. The van der Waals surface area contributed by atoms with E-state index in [2.05, 4.69) is 30.9 Å². The number of nitrogen functional groups attached to an aromatic ring is 1. The van der Waals surface area contributed by atoms with E-state index in [1.54, 1.807) is 0 Å². The van der Waals surface area contributed by atoms with Gasteiger partial charge >= 0.3 is 0 Å². The summed E-state index contributed by atoms with van der Waals surface area (Å²) in [6.07, 6.45) is 6.52. The average molecular weight is 248 g/mol. The molecule has 2 heteroatoms. The molecule has 1 aromatic rings. The smallest absolute Gasteiger partial charge is 0.0359 e. The Morgan fingerprint density at radius 2 is 1.72 bits per heavy atom. The molecule has 0 saturated carbocycles. The van der Waals surface area contributed by atoms with Gasteiger partial charge in [-0.3, -0.25) is 4.90 Å². The van der Waals surface area contributed by atoms with Gasteiger partial charge in [0.05, 0.1) is 0 Å². The SMILES string of the molecule is CCCCCCN(CCC)Cc1ccccc1N. The fourth-order valence-electron chi connectivity index (χ4n) is 2.27. The van der Waals surface area contributed by atoms with Crippen molar-refractivity contribution < 1.29 is 0 Å². The van der Waals surface area contributed by atoms with E-state index in [1.165, 1.54) is 50.8 Å². The molecule has 1 rings (SSSR count). The van der Waals surface area contributed by atoms with Crippen LogP contribution in [0.25, 0.3) is 0 Å². The zero-order valence-corrected chi connectivity index (χ0v) is 12.0. The Hall–Kier alpha value is -1.02. The van der Waals surface area contributed by atoms with Gasteiger partial charge in [-0.25, -0.2) is 0 Å². The molecule has 2 N–H and O–H groups in total. The van der Waals surface area contributed by atoms with Crippen LogP contribution in [0.4, 0.5) is 5.69 Å². The topological polar surface area (TPSA) is 29.3 Å². The molecular formula is C16H28N2. The summed E-state index contributed by atoms with van der Waals surface area (Å²) in [6.45, 7) is 7.86. The summed E-state index contributed by atoms with van der Waals surface area (Å²) in [5, 5.41) is 0. The molecule has 0 aliphatic heterocycles. The zero-order chi connectivity index (χ0) is 13.2. The number of nitrogens with two attached hydrogens (primary N) is 1. The standard InChI is InChI=1S/C16H28N2/c1-3-5-6-9-13-18(12-4-2)14-15-10-7-8-11-16(15)17/h7-8,10-11H,3-6,9,12-14,17H2,1-2H3. The Bertz CT molecular complexity index is 323. The molecule has 0 aliphatic carbocycles. The number of hydrogen-bond donors (Lipinski definition) is 1. The van der Waals surface area contributed by atoms with Crippen molar-refractivity contribution in [2.24, 2.45) is 0 Å². The van der Waals surface area contributed by atoms with E-state index in [0.717, 1.165) is 12.2 Å². The van der Waals surface area contributed by atoms with Crippen molar-refractivity contribution in [1.82, 2.24) is 4.90 Å². The Morgan fingerprint density at radius 1 is 0.944 bits per heavy atom. The third-order valence-electron chi connectivity index (χ3n) is 3.32. The molecule has 0 atom stereocenters. The first kappa shape index (κ1) is 15.0. The molecule has 0 bridgehead atoms. The number of nitrogens with zero attached hydrogens (tertiary/aromatic N) is 1. The van der Waals surface area contributed by atoms with E-state index in [0.29, 0.717) is 0 Å². The van der Waals surface area contributed by atoms with Crippen LogP contribution < -0.4 is 5.73 Å². The van der Waals surface area contributed by atoms with Gasteiger partial charge in [0.15, 0.2) is 0 Å². The second-order valence-corrected chi connectivity index (χ2v) is 5.04. The lowest BCUT2D eigenvalue weighted by Crippen LogP contribution is -2.25. The van der Waals surface area contributed by atoms with Gasteiger partial charge in [-0.05, 0) is 37.6 Å². The second-order valence-electron chi connectivity index (χ2n) is 5.04. The molecule has 0 saturated heterocycles. The van der Waals surface area contributed by atoms with E-state index in [4.69, 9.17) is 5.73 Å². The van der Waals surface area contributed by atoms with Gasteiger partial charge in [0.25, 0.3) is 0 Å².